The molecule has 1 N–H and O–H groups in total. The zero-order chi connectivity index (χ0) is 16.2. The van der Waals surface area contributed by atoms with Crippen LogP contribution in [0.1, 0.15) is 38.3 Å². The van der Waals surface area contributed by atoms with Crippen molar-refractivity contribution in [2.45, 2.75) is 45.1 Å². The minimum absolute atomic E-state index is 0.0284. The van der Waals surface area contributed by atoms with E-state index in [-0.39, 0.29) is 18.1 Å². The number of amides is 1. The van der Waals surface area contributed by atoms with Crippen LogP contribution in [0.5, 0.6) is 0 Å². The fraction of sp³-hybridized carbons (Fsp3) is 0.444. The highest BCUT2D eigenvalue weighted by molar-refractivity contribution is 7.13. The number of carbonyl (C=O) groups excluding carboxylic acids is 1. The summed E-state index contributed by atoms with van der Waals surface area (Å²) in [7, 11) is 0. The Bertz CT molecular complexity index is 677. The maximum atomic E-state index is 13.3. The average molecular weight is 332 g/mol. The summed E-state index contributed by atoms with van der Waals surface area (Å²) in [6.07, 6.45) is 4.80. The van der Waals surface area contributed by atoms with Crippen molar-refractivity contribution < 1.29 is 9.18 Å². The lowest BCUT2D eigenvalue weighted by Crippen LogP contribution is -2.38. The number of nitrogens with zero attached hydrogens (tertiary/aromatic N) is 1. The van der Waals surface area contributed by atoms with E-state index in [2.05, 4.69) is 17.2 Å². The molecule has 3 nitrogen and oxygen atoms in total. The Labute approximate surface area is 140 Å². The molecule has 1 fully saturated rings. The highest BCUT2D eigenvalue weighted by Crippen LogP contribution is 2.25. The van der Waals surface area contributed by atoms with E-state index < -0.39 is 0 Å². The number of rotatable bonds is 4. The molecule has 0 atom stereocenters. The van der Waals surface area contributed by atoms with Crippen molar-refractivity contribution in [3.63, 3.8) is 0 Å². The minimum Gasteiger partial charge on any atom is -0.353 e. The summed E-state index contributed by atoms with van der Waals surface area (Å²) in [5.41, 5.74) is 1.50. The first kappa shape index (κ1) is 16.1. The molecule has 0 saturated heterocycles. The molecule has 0 unspecified atom stereocenters. The Morgan fingerprint density at radius 1 is 1.35 bits per heavy atom. The Hall–Kier alpha value is -1.75. The van der Waals surface area contributed by atoms with Crippen molar-refractivity contribution in [2.24, 2.45) is 5.92 Å². The molecule has 5 heteroatoms. The predicted octanol–water partition coefficient (Wildman–Crippen LogP) is 4.19. The molecule has 0 aliphatic heterocycles. The van der Waals surface area contributed by atoms with E-state index in [1.54, 1.807) is 6.07 Å². The summed E-state index contributed by atoms with van der Waals surface area (Å²) in [6, 6.07) is 6.68. The number of nitrogens with one attached hydrogen (secondary N) is 1. The van der Waals surface area contributed by atoms with E-state index in [0.29, 0.717) is 6.04 Å². The van der Waals surface area contributed by atoms with Crippen molar-refractivity contribution in [1.29, 1.82) is 0 Å². The molecule has 0 spiro atoms. The molecule has 23 heavy (non-hydrogen) atoms. The zero-order valence-electron chi connectivity index (χ0n) is 13.2. The number of hydrogen-bond acceptors (Lipinski definition) is 3. The van der Waals surface area contributed by atoms with E-state index >= 15 is 0 Å². The van der Waals surface area contributed by atoms with Gasteiger partial charge in [-0.25, -0.2) is 9.37 Å². The Kier molecular flexibility index (Phi) is 5.06. The lowest BCUT2D eigenvalue weighted by atomic mass is 9.87. The normalized spacial score (nSPS) is 21.1. The number of carbonyl (C=O) groups is 1. The van der Waals surface area contributed by atoms with Crippen LogP contribution in [0.4, 0.5) is 4.39 Å². The van der Waals surface area contributed by atoms with Gasteiger partial charge >= 0.3 is 0 Å². The first-order valence-corrected chi connectivity index (χ1v) is 8.98. The standard InChI is InChI=1S/C18H21FN2OS/c1-12-5-7-15(8-6-12)20-17(22)10-16-11-23-18(21-16)13-3-2-4-14(19)9-13/h2-4,9,11-12,15H,5-8,10H2,1H3,(H,20,22). The van der Waals surface area contributed by atoms with E-state index in [4.69, 9.17) is 0 Å². The highest BCUT2D eigenvalue weighted by atomic mass is 32.1. The molecule has 1 heterocycles. The number of benzene rings is 1. The Morgan fingerprint density at radius 3 is 2.87 bits per heavy atom. The van der Waals surface area contributed by atoms with Gasteiger partial charge in [0.05, 0.1) is 12.1 Å². The molecule has 2 aromatic rings. The van der Waals surface area contributed by atoms with Crippen molar-refractivity contribution in [3.05, 3.63) is 41.2 Å². The van der Waals surface area contributed by atoms with E-state index in [1.807, 2.05) is 11.4 Å². The van der Waals surface area contributed by atoms with Gasteiger partial charge in [0, 0.05) is 17.0 Å². The number of hydrogen-bond donors (Lipinski definition) is 1. The van der Waals surface area contributed by atoms with Crippen LogP contribution < -0.4 is 5.32 Å². The van der Waals surface area contributed by atoms with Crippen LogP contribution in [-0.2, 0) is 11.2 Å². The lowest BCUT2D eigenvalue weighted by molar-refractivity contribution is -0.121. The molecule has 1 amide bonds. The third-order valence-corrected chi connectivity index (χ3v) is 5.29. The van der Waals surface area contributed by atoms with Crippen molar-refractivity contribution >= 4 is 17.2 Å². The van der Waals surface area contributed by atoms with Crippen LogP contribution in [0.25, 0.3) is 10.6 Å². The molecule has 122 valence electrons. The summed E-state index contributed by atoms with van der Waals surface area (Å²) < 4.78 is 13.3. The molecule has 1 aliphatic carbocycles. The van der Waals surface area contributed by atoms with Gasteiger partial charge in [-0.05, 0) is 43.7 Å². The summed E-state index contributed by atoms with van der Waals surface area (Å²) in [5, 5.41) is 5.74. The third kappa shape index (κ3) is 4.38. The highest BCUT2D eigenvalue weighted by Gasteiger charge is 2.20. The van der Waals surface area contributed by atoms with E-state index in [0.717, 1.165) is 35.0 Å². The van der Waals surface area contributed by atoms with Gasteiger partial charge in [0.1, 0.15) is 10.8 Å². The topological polar surface area (TPSA) is 42.0 Å². The van der Waals surface area contributed by atoms with Crippen molar-refractivity contribution in [3.8, 4) is 10.6 Å². The molecule has 3 rings (SSSR count). The smallest absolute Gasteiger partial charge is 0.226 e. The maximum Gasteiger partial charge on any atom is 0.226 e. The number of halogens is 1. The zero-order valence-corrected chi connectivity index (χ0v) is 14.0. The first-order chi connectivity index (χ1) is 11.1. The van der Waals surface area contributed by atoms with Crippen LogP contribution in [-0.4, -0.2) is 16.9 Å². The van der Waals surface area contributed by atoms with Gasteiger partial charge in [-0.15, -0.1) is 11.3 Å². The SMILES string of the molecule is CC1CCC(NC(=O)Cc2csc(-c3cccc(F)c3)n2)CC1. The van der Waals surface area contributed by atoms with Crippen molar-refractivity contribution in [1.82, 2.24) is 10.3 Å². The van der Waals surface area contributed by atoms with Gasteiger partial charge in [-0.2, -0.15) is 0 Å². The monoisotopic (exact) mass is 332 g/mol. The minimum atomic E-state index is -0.275. The third-order valence-electron chi connectivity index (χ3n) is 4.35. The summed E-state index contributed by atoms with van der Waals surface area (Å²) in [5.74, 6) is 0.527. The first-order valence-electron chi connectivity index (χ1n) is 8.10. The molecule has 1 saturated carbocycles. The molecule has 1 aromatic carbocycles. The number of aromatic nitrogens is 1. The molecular weight excluding hydrogens is 311 g/mol. The molecule has 0 bridgehead atoms. The predicted molar refractivity (Wildman–Crippen MR) is 90.8 cm³/mol. The van der Waals surface area contributed by atoms with Crippen molar-refractivity contribution in [2.75, 3.05) is 0 Å². The van der Waals surface area contributed by atoms with Gasteiger partial charge in [-0.1, -0.05) is 19.1 Å². The van der Waals surface area contributed by atoms with Gasteiger partial charge < -0.3 is 5.32 Å². The molecular formula is C18H21FN2OS. The Morgan fingerprint density at radius 2 is 2.13 bits per heavy atom. The fourth-order valence-corrected chi connectivity index (χ4v) is 3.81. The quantitative estimate of drug-likeness (QED) is 0.912. The second-order valence-corrected chi connectivity index (χ2v) is 7.21. The second kappa shape index (κ2) is 7.21. The van der Waals surface area contributed by atoms with Gasteiger partial charge in [0.2, 0.25) is 5.91 Å². The Balaban J connectivity index is 1.57. The second-order valence-electron chi connectivity index (χ2n) is 6.36. The fourth-order valence-electron chi connectivity index (χ4n) is 2.99. The van der Waals surface area contributed by atoms with Gasteiger partial charge in [0.25, 0.3) is 0 Å². The summed E-state index contributed by atoms with van der Waals surface area (Å²) in [6.45, 7) is 2.27. The van der Waals surface area contributed by atoms with Crippen LogP contribution in [0, 0.1) is 11.7 Å². The van der Waals surface area contributed by atoms with Crippen LogP contribution in [0.3, 0.4) is 0 Å². The van der Waals surface area contributed by atoms with Gasteiger partial charge in [0.15, 0.2) is 0 Å². The maximum absolute atomic E-state index is 13.3. The van der Waals surface area contributed by atoms with E-state index in [9.17, 15) is 9.18 Å². The molecule has 1 aliphatic rings. The average Bonchev–Trinajstić information content (AvgIpc) is 2.98. The van der Waals surface area contributed by atoms with E-state index in [1.165, 1.54) is 36.3 Å². The largest absolute Gasteiger partial charge is 0.353 e. The molecule has 0 radical (unpaired) electrons. The van der Waals surface area contributed by atoms with Crippen LogP contribution in [0.2, 0.25) is 0 Å². The summed E-state index contributed by atoms with van der Waals surface area (Å²) in [4.78, 5) is 16.6. The number of thiazole rings is 1. The van der Waals surface area contributed by atoms with Crippen LogP contribution in [0.15, 0.2) is 29.6 Å². The lowest BCUT2D eigenvalue weighted by Gasteiger charge is -2.26. The van der Waals surface area contributed by atoms with Crippen LogP contribution >= 0.6 is 11.3 Å². The summed E-state index contributed by atoms with van der Waals surface area (Å²) >= 11 is 1.44. The van der Waals surface area contributed by atoms with Gasteiger partial charge in [-0.3, -0.25) is 4.79 Å². The molecule has 1 aromatic heterocycles.